The molecule has 5 nitrogen and oxygen atoms in total. The fourth-order valence-corrected chi connectivity index (χ4v) is 4.97. The maximum atomic E-state index is 6.97. The summed E-state index contributed by atoms with van der Waals surface area (Å²) in [5.74, 6) is 0. The van der Waals surface area contributed by atoms with Gasteiger partial charge in [-0.3, -0.25) is 9.97 Å². The first-order chi connectivity index (χ1) is 20.4. The Morgan fingerprint density at radius 1 is 0.698 bits per heavy atom. The van der Waals surface area contributed by atoms with Gasteiger partial charge in [-0.1, -0.05) is 49.3 Å². The summed E-state index contributed by atoms with van der Waals surface area (Å²) >= 11 is 0. The molecule has 0 saturated heterocycles. The molecule has 0 amide bonds. The molecule has 2 atom stereocenters. The first-order valence-electron chi connectivity index (χ1n) is 16.4. The SMILES string of the molecule is CCc1ccc(C(CC=C(C)CCCC(C)(C)OC)OC(CC=C(C)CCCC(C)(C)OC)c2ccc(CC)cn2)nc1. The van der Waals surface area contributed by atoms with Crippen LogP contribution in [0.25, 0.3) is 0 Å². The number of hydrogen-bond donors (Lipinski definition) is 0. The third-order valence-corrected chi connectivity index (χ3v) is 8.67. The summed E-state index contributed by atoms with van der Waals surface area (Å²) in [5.41, 5.74) is 6.99. The molecule has 240 valence electrons. The highest BCUT2D eigenvalue weighted by atomic mass is 16.5. The van der Waals surface area contributed by atoms with Crippen molar-refractivity contribution in [2.45, 2.75) is 143 Å². The van der Waals surface area contributed by atoms with Crippen LogP contribution in [-0.4, -0.2) is 35.4 Å². The molecule has 0 aliphatic heterocycles. The van der Waals surface area contributed by atoms with Crippen LogP contribution in [0.3, 0.4) is 0 Å². The molecule has 0 aromatic carbocycles. The van der Waals surface area contributed by atoms with Crippen molar-refractivity contribution in [3.8, 4) is 0 Å². The van der Waals surface area contributed by atoms with Crippen LogP contribution in [0.1, 0.15) is 141 Å². The Morgan fingerprint density at radius 3 is 1.40 bits per heavy atom. The second-order valence-corrected chi connectivity index (χ2v) is 13.2. The molecule has 0 spiro atoms. The Hall–Kier alpha value is -2.34. The fraction of sp³-hybridized carbons (Fsp3) is 0.632. The van der Waals surface area contributed by atoms with Crippen LogP contribution < -0.4 is 0 Å². The van der Waals surface area contributed by atoms with E-state index in [1.165, 1.54) is 22.3 Å². The van der Waals surface area contributed by atoms with Crippen molar-refractivity contribution in [2.75, 3.05) is 14.2 Å². The van der Waals surface area contributed by atoms with Gasteiger partial charge in [0.2, 0.25) is 0 Å². The van der Waals surface area contributed by atoms with Gasteiger partial charge in [0, 0.05) is 26.6 Å². The van der Waals surface area contributed by atoms with E-state index in [1.54, 1.807) is 14.2 Å². The number of ether oxygens (including phenoxy) is 3. The van der Waals surface area contributed by atoms with Gasteiger partial charge in [-0.05, 0) is 129 Å². The molecule has 43 heavy (non-hydrogen) atoms. The number of nitrogens with zero attached hydrogens (tertiary/aromatic N) is 2. The quantitative estimate of drug-likeness (QED) is 0.143. The molecule has 0 aliphatic rings. The predicted octanol–water partition coefficient (Wildman–Crippen LogP) is 10.3. The van der Waals surface area contributed by atoms with Crippen molar-refractivity contribution < 1.29 is 14.2 Å². The molecule has 2 heterocycles. The van der Waals surface area contributed by atoms with E-state index >= 15 is 0 Å². The lowest BCUT2D eigenvalue weighted by molar-refractivity contribution is -0.0167. The van der Waals surface area contributed by atoms with Crippen LogP contribution in [0.2, 0.25) is 0 Å². The zero-order valence-corrected chi connectivity index (χ0v) is 29.0. The van der Waals surface area contributed by atoms with Crippen molar-refractivity contribution in [1.82, 2.24) is 9.97 Å². The number of rotatable bonds is 20. The normalized spacial score (nSPS) is 14.7. The number of allylic oxidation sites excluding steroid dienone is 2. The molecule has 2 aromatic heterocycles. The lowest BCUT2D eigenvalue weighted by Crippen LogP contribution is -2.21. The molecular formula is C38H60N2O3. The van der Waals surface area contributed by atoms with E-state index in [0.29, 0.717) is 0 Å². The molecule has 0 N–H and O–H groups in total. The van der Waals surface area contributed by atoms with Crippen LogP contribution in [-0.2, 0) is 27.1 Å². The average molecular weight is 593 g/mol. The Bertz CT molecular complexity index is 1030. The minimum atomic E-state index is -0.162. The van der Waals surface area contributed by atoms with Crippen molar-refractivity contribution in [2.24, 2.45) is 0 Å². The maximum absolute atomic E-state index is 6.97. The second-order valence-electron chi connectivity index (χ2n) is 13.2. The minimum absolute atomic E-state index is 0.0873. The van der Waals surface area contributed by atoms with Crippen LogP contribution >= 0.6 is 0 Å². The highest BCUT2D eigenvalue weighted by Gasteiger charge is 2.22. The zero-order valence-electron chi connectivity index (χ0n) is 29.0. The van der Waals surface area contributed by atoms with E-state index < -0.39 is 0 Å². The van der Waals surface area contributed by atoms with Gasteiger partial charge in [0.05, 0.1) is 22.6 Å². The first-order valence-corrected chi connectivity index (χ1v) is 16.4. The van der Waals surface area contributed by atoms with Gasteiger partial charge in [-0.2, -0.15) is 0 Å². The van der Waals surface area contributed by atoms with Crippen LogP contribution in [0.5, 0.6) is 0 Å². The molecule has 2 unspecified atom stereocenters. The number of aryl methyl sites for hydroxylation is 2. The fourth-order valence-electron chi connectivity index (χ4n) is 4.97. The molecule has 2 rings (SSSR count). The second kappa shape index (κ2) is 18.5. The Morgan fingerprint density at radius 2 is 1.09 bits per heavy atom. The Kier molecular flexibility index (Phi) is 15.8. The van der Waals surface area contributed by atoms with Crippen LogP contribution in [0.15, 0.2) is 60.0 Å². The molecule has 5 heteroatoms. The molecule has 0 radical (unpaired) electrons. The lowest BCUT2D eigenvalue weighted by Gasteiger charge is -2.25. The standard InChI is InChI=1S/C38H60N2O3/c1-11-31-19-21-33(39-27-31)35(23-17-29(3)15-13-25-37(5,6)41-9)43-36(34-22-20-32(12-2)28-40-34)24-18-30(4)16-14-26-38(7,8)42-10/h17-22,27-28,35-36H,11-16,23-26H2,1-10H3. The number of aromatic nitrogens is 2. The summed E-state index contributed by atoms with van der Waals surface area (Å²) in [6, 6.07) is 8.63. The third kappa shape index (κ3) is 13.9. The van der Waals surface area contributed by atoms with Gasteiger partial charge in [-0.15, -0.1) is 0 Å². The van der Waals surface area contributed by atoms with E-state index in [-0.39, 0.29) is 23.4 Å². The molecule has 0 fully saturated rings. The molecule has 0 saturated carbocycles. The summed E-state index contributed by atoms with van der Waals surface area (Å²) in [4.78, 5) is 9.71. The van der Waals surface area contributed by atoms with Crippen molar-refractivity contribution in [1.29, 1.82) is 0 Å². The van der Waals surface area contributed by atoms with E-state index in [4.69, 9.17) is 24.2 Å². The Balaban J connectivity index is 2.27. The van der Waals surface area contributed by atoms with E-state index in [0.717, 1.165) is 75.6 Å². The van der Waals surface area contributed by atoms with Gasteiger partial charge in [0.25, 0.3) is 0 Å². The highest BCUT2D eigenvalue weighted by molar-refractivity contribution is 5.19. The summed E-state index contributed by atoms with van der Waals surface area (Å²) < 4.78 is 18.2. The summed E-state index contributed by atoms with van der Waals surface area (Å²) in [7, 11) is 3.59. The van der Waals surface area contributed by atoms with E-state index in [9.17, 15) is 0 Å². The number of pyridine rings is 2. The number of hydrogen-bond acceptors (Lipinski definition) is 5. The first kappa shape index (κ1) is 36.8. The summed E-state index contributed by atoms with van der Waals surface area (Å²) in [6.07, 6.45) is 18.2. The third-order valence-electron chi connectivity index (χ3n) is 8.67. The summed E-state index contributed by atoms with van der Waals surface area (Å²) in [6.45, 7) is 17.4. The van der Waals surface area contributed by atoms with Gasteiger partial charge < -0.3 is 14.2 Å². The predicted molar refractivity (Wildman–Crippen MR) is 180 cm³/mol. The average Bonchev–Trinajstić information content (AvgIpc) is 3.00. The van der Waals surface area contributed by atoms with Crippen LogP contribution in [0.4, 0.5) is 0 Å². The van der Waals surface area contributed by atoms with E-state index in [1.807, 2.05) is 12.4 Å². The Labute approximate surface area is 263 Å². The largest absolute Gasteiger partial charge is 0.379 e. The van der Waals surface area contributed by atoms with Gasteiger partial charge in [0.1, 0.15) is 12.2 Å². The van der Waals surface area contributed by atoms with Gasteiger partial charge >= 0.3 is 0 Å². The monoisotopic (exact) mass is 592 g/mol. The minimum Gasteiger partial charge on any atom is -0.379 e. The van der Waals surface area contributed by atoms with Gasteiger partial charge in [-0.25, -0.2) is 0 Å². The molecule has 0 aliphatic carbocycles. The smallest absolute Gasteiger partial charge is 0.104 e. The molecule has 2 aromatic rings. The van der Waals surface area contributed by atoms with Crippen molar-refractivity contribution >= 4 is 0 Å². The maximum Gasteiger partial charge on any atom is 0.104 e. The zero-order chi connectivity index (χ0) is 31.9. The van der Waals surface area contributed by atoms with Gasteiger partial charge in [0.15, 0.2) is 0 Å². The summed E-state index contributed by atoms with van der Waals surface area (Å²) in [5, 5.41) is 0. The van der Waals surface area contributed by atoms with Crippen molar-refractivity contribution in [3.63, 3.8) is 0 Å². The topological polar surface area (TPSA) is 53.5 Å². The van der Waals surface area contributed by atoms with E-state index in [2.05, 4.69) is 91.8 Å². The number of methoxy groups -OCH3 is 2. The van der Waals surface area contributed by atoms with Crippen molar-refractivity contribution in [3.05, 3.63) is 82.5 Å². The molecular weight excluding hydrogens is 532 g/mol. The molecule has 0 bridgehead atoms. The lowest BCUT2D eigenvalue weighted by atomic mass is 9.98. The highest BCUT2D eigenvalue weighted by Crippen LogP contribution is 2.32. The van der Waals surface area contributed by atoms with Crippen LogP contribution in [0, 0.1) is 0 Å².